The number of methoxy groups -OCH3 is 1. The van der Waals surface area contributed by atoms with Crippen molar-refractivity contribution in [1.29, 1.82) is 0 Å². The molecule has 1 fully saturated rings. The Labute approximate surface area is 123 Å². The SMILES string of the molecule is CO[C@H]1C[C@@H](CC(=O)O)N(C(=O)OCc2ccccc2)C1. The van der Waals surface area contributed by atoms with Crippen LogP contribution in [0.15, 0.2) is 30.3 Å². The summed E-state index contributed by atoms with van der Waals surface area (Å²) in [5.74, 6) is -0.933. The van der Waals surface area contributed by atoms with E-state index in [4.69, 9.17) is 14.6 Å². The van der Waals surface area contributed by atoms with E-state index >= 15 is 0 Å². The molecule has 6 nitrogen and oxygen atoms in total. The molecule has 0 aromatic heterocycles. The van der Waals surface area contributed by atoms with E-state index in [1.54, 1.807) is 7.11 Å². The van der Waals surface area contributed by atoms with Crippen LogP contribution in [0, 0.1) is 0 Å². The summed E-state index contributed by atoms with van der Waals surface area (Å²) in [7, 11) is 1.56. The molecule has 21 heavy (non-hydrogen) atoms. The van der Waals surface area contributed by atoms with Gasteiger partial charge in [-0.15, -0.1) is 0 Å². The van der Waals surface area contributed by atoms with Crippen LogP contribution in [-0.4, -0.2) is 47.9 Å². The largest absolute Gasteiger partial charge is 0.481 e. The zero-order valence-corrected chi connectivity index (χ0v) is 11.9. The fourth-order valence-electron chi connectivity index (χ4n) is 2.47. The van der Waals surface area contributed by atoms with E-state index in [0.717, 1.165) is 5.56 Å². The second kappa shape index (κ2) is 7.08. The first kappa shape index (κ1) is 15.3. The molecule has 1 aromatic rings. The van der Waals surface area contributed by atoms with Crippen molar-refractivity contribution in [3.63, 3.8) is 0 Å². The van der Waals surface area contributed by atoms with Crippen LogP contribution in [-0.2, 0) is 20.9 Å². The summed E-state index contributed by atoms with van der Waals surface area (Å²) in [5.41, 5.74) is 0.892. The maximum atomic E-state index is 12.1. The number of rotatable bonds is 5. The highest BCUT2D eigenvalue weighted by atomic mass is 16.6. The summed E-state index contributed by atoms with van der Waals surface area (Å²) in [4.78, 5) is 24.5. The normalized spacial score (nSPS) is 21.3. The number of carbonyl (C=O) groups is 2. The molecule has 1 aliphatic rings. The van der Waals surface area contributed by atoms with Gasteiger partial charge in [-0.1, -0.05) is 30.3 Å². The van der Waals surface area contributed by atoms with Gasteiger partial charge < -0.3 is 19.5 Å². The van der Waals surface area contributed by atoms with Crippen LogP contribution in [0.25, 0.3) is 0 Å². The monoisotopic (exact) mass is 293 g/mol. The van der Waals surface area contributed by atoms with Crippen molar-refractivity contribution in [3.05, 3.63) is 35.9 Å². The third-order valence-electron chi connectivity index (χ3n) is 3.56. The number of carboxylic acid groups (broad SMARTS) is 1. The van der Waals surface area contributed by atoms with Crippen molar-refractivity contribution in [2.24, 2.45) is 0 Å². The van der Waals surface area contributed by atoms with Gasteiger partial charge in [-0.05, 0) is 12.0 Å². The second-order valence-electron chi connectivity index (χ2n) is 5.04. The molecule has 6 heteroatoms. The number of carbonyl (C=O) groups excluding carboxylic acids is 1. The minimum absolute atomic E-state index is 0.0969. The molecule has 2 rings (SSSR count). The molecule has 1 amide bonds. The highest BCUT2D eigenvalue weighted by Crippen LogP contribution is 2.23. The summed E-state index contributed by atoms with van der Waals surface area (Å²) in [6.07, 6.45) is -0.216. The van der Waals surface area contributed by atoms with E-state index in [2.05, 4.69) is 0 Å². The van der Waals surface area contributed by atoms with Crippen molar-refractivity contribution in [2.75, 3.05) is 13.7 Å². The Morgan fingerprint density at radius 2 is 2.05 bits per heavy atom. The zero-order valence-electron chi connectivity index (χ0n) is 11.9. The molecule has 1 N–H and O–H groups in total. The number of benzene rings is 1. The second-order valence-corrected chi connectivity index (χ2v) is 5.04. The molecular formula is C15H19NO5. The highest BCUT2D eigenvalue weighted by Gasteiger charge is 2.37. The lowest BCUT2D eigenvalue weighted by Crippen LogP contribution is -2.37. The van der Waals surface area contributed by atoms with Crippen LogP contribution in [0.1, 0.15) is 18.4 Å². The van der Waals surface area contributed by atoms with Gasteiger partial charge in [0.2, 0.25) is 0 Å². The van der Waals surface area contributed by atoms with Crippen LogP contribution in [0.2, 0.25) is 0 Å². The molecule has 0 saturated carbocycles. The minimum Gasteiger partial charge on any atom is -0.481 e. The van der Waals surface area contributed by atoms with Crippen LogP contribution in [0.3, 0.4) is 0 Å². The van der Waals surface area contributed by atoms with E-state index in [1.165, 1.54) is 4.90 Å². The summed E-state index contributed by atoms with van der Waals surface area (Å²) >= 11 is 0. The number of carboxylic acids is 1. The highest BCUT2D eigenvalue weighted by molar-refractivity contribution is 5.72. The zero-order chi connectivity index (χ0) is 15.2. The molecule has 2 atom stereocenters. The molecule has 0 aliphatic carbocycles. The molecule has 0 unspecified atom stereocenters. The van der Waals surface area contributed by atoms with Crippen LogP contribution >= 0.6 is 0 Å². The number of aliphatic carboxylic acids is 1. The van der Waals surface area contributed by atoms with Gasteiger partial charge in [-0.2, -0.15) is 0 Å². The first-order chi connectivity index (χ1) is 10.1. The number of hydrogen-bond acceptors (Lipinski definition) is 4. The fraction of sp³-hybridized carbons (Fsp3) is 0.467. The third-order valence-corrected chi connectivity index (χ3v) is 3.56. The molecule has 1 aliphatic heterocycles. The van der Waals surface area contributed by atoms with E-state index in [9.17, 15) is 9.59 Å². The van der Waals surface area contributed by atoms with Crippen LogP contribution < -0.4 is 0 Å². The lowest BCUT2D eigenvalue weighted by atomic mass is 10.1. The van der Waals surface area contributed by atoms with Crippen molar-refractivity contribution in [3.8, 4) is 0 Å². The van der Waals surface area contributed by atoms with Crippen molar-refractivity contribution in [2.45, 2.75) is 31.6 Å². The quantitative estimate of drug-likeness (QED) is 0.897. The first-order valence-electron chi connectivity index (χ1n) is 6.82. The number of likely N-dealkylation sites (tertiary alicyclic amines) is 1. The molecule has 0 spiro atoms. The lowest BCUT2D eigenvalue weighted by Gasteiger charge is -2.22. The third kappa shape index (κ3) is 4.19. The average molecular weight is 293 g/mol. The Balaban J connectivity index is 1.94. The van der Waals surface area contributed by atoms with E-state index in [0.29, 0.717) is 13.0 Å². The van der Waals surface area contributed by atoms with E-state index in [1.807, 2.05) is 30.3 Å². The van der Waals surface area contributed by atoms with Crippen LogP contribution in [0.4, 0.5) is 4.79 Å². The molecule has 1 aromatic carbocycles. The van der Waals surface area contributed by atoms with Gasteiger partial charge in [0.25, 0.3) is 0 Å². The van der Waals surface area contributed by atoms with Crippen LogP contribution in [0.5, 0.6) is 0 Å². The summed E-state index contributed by atoms with van der Waals surface area (Å²) in [6.45, 7) is 0.537. The fourth-order valence-corrected chi connectivity index (χ4v) is 2.47. The number of amides is 1. The Hall–Kier alpha value is -2.08. The van der Waals surface area contributed by atoms with Crippen molar-refractivity contribution < 1.29 is 24.2 Å². The minimum atomic E-state index is -0.933. The molecule has 0 radical (unpaired) electrons. The number of hydrogen-bond donors (Lipinski definition) is 1. The predicted molar refractivity (Wildman–Crippen MR) is 74.8 cm³/mol. The van der Waals surface area contributed by atoms with Gasteiger partial charge in [0.1, 0.15) is 6.61 Å². The summed E-state index contributed by atoms with van der Waals surface area (Å²) in [6, 6.07) is 8.97. The lowest BCUT2D eigenvalue weighted by molar-refractivity contribution is -0.138. The van der Waals surface area contributed by atoms with E-state index < -0.39 is 12.1 Å². The number of nitrogens with zero attached hydrogens (tertiary/aromatic N) is 1. The summed E-state index contributed by atoms with van der Waals surface area (Å²) < 4.78 is 10.5. The van der Waals surface area contributed by atoms with Crippen molar-refractivity contribution >= 4 is 12.1 Å². The topological polar surface area (TPSA) is 76.1 Å². The Morgan fingerprint density at radius 1 is 1.33 bits per heavy atom. The maximum Gasteiger partial charge on any atom is 0.410 e. The van der Waals surface area contributed by atoms with Gasteiger partial charge >= 0.3 is 12.1 Å². The predicted octanol–water partition coefficient (Wildman–Crippen LogP) is 1.89. The van der Waals surface area contributed by atoms with Crippen molar-refractivity contribution in [1.82, 2.24) is 4.90 Å². The van der Waals surface area contributed by atoms with Gasteiger partial charge in [-0.3, -0.25) is 4.79 Å². The standard InChI is InChI=1S/C15H19NO5/c1-20-13-7-12(8-14(17)18)16(9-13)15(19)21-10-11-5-3-2-4-6-11/h2-6,12-13H,7-10H2,1H3,(H,17,18)/t12-,13-/m0/s1. The first-order valence-corrected chi connectivity index (χ1v) is 6.82. The van der Waals surface area contributed by atoms with Gasteiger partial charge in [-0.25, -0.2) is 4.79 Å². The Morgan fingerprint density at radius 3 is 2.67 bits per heavy atom. The van der Waals surface area contributed by atoms with Gasteiger partial charge in [0.15, 0.2) is 0 Å². The molecule has 0 bridgehead atoms. The molecule has 114 valence electrons. The molecule has 1 heterocycles. The maximum absolute atomic E-state index is 12.1. The smallest absolute Gasteiger partial charge is 0.410 e. The Bertz CT molecular complexity index is 490. The number of ether oxygens (including phenoxy) is 2. The Kier molecular flexibility index (Phi) is 5.16. The average Bonchev–Trinajstić information content (AvgIpc) is 2.88. The summed E-state index contributed by atoms with van der Waals surface area (Å²) in [5, 5.41) is 8.92. The van der Waals surface area contributed by atoms with Gasteiger partial charge in [0.05, 0.1) is 19.1 Å². The van der Waals surface area contributed by atoms with E-state index in [-0.39, 0.29) is 25.2 Å². The van der Waals surface area contributed by atoms with Gasteiger partial charge in [0, 0.05) is 13.2 Å². The molecular weight excluding hydrogens is 274 g/mol. The molecule has 1 saturated heterocycles.